The molecular formula is C14H22O3. The minimum absolute atomic E-state index is 0.502. The molecule has 96 valence electrons. The van der Waals surface area contributed by atoms with E-state index in [-0.39, 0.29) is 0 Å². The predicted molar refractivity (Wildman–Crippen MR) is 68.4 cm³/mol. The Labute approximate surface area is 103 Å². The minimum Gasteiger partial charge on any atom is -0.493 e. The third-order valence-corrected chi connectivity index (χ3v) is 2.51. The zero-order valence-corrected chi connectivity index (χ0v) is 10.9. The summed E-state index contributed by atoms with van der Waals surface area (Å²) in [6.07, 6.45) is 0.360. The summed E-state index contributed by atoms with van der Waals surface area (Å²) in [7, 11) is 0. The van der Waals surface area contributed by atoms with Gasteiger partial charge < -0.3 is 14.6 Å². The van der Waals surface area contributed by atoms with Gasteiger partial charge in [-0.25, -0.2) is 0 Å². The number of aliphatic hydroxyl groups excluding tert-OH is 1. The maximum atomic E-state index is 9.63. The number of hydrogen-bond acceptors (Lipinski definition) is 3. The second-order valence-electron chi connectivity index (χ2n) is 4.12. The zero-order chi connectivity index (χ0) is 12.7. The topological polar surface area (TPSA) is 38.7 Å². The summed E-state index contributed by atoms with van der Waals surface area (Å²) in [5, 5.41) is 9.63. The van der Waals surface area contributed by atoms with E-state index in [1.165, 1.54) is 0 Å². The lowest BCUT2D eigenvalue weighted by Gasteiger charge is -2.14. The highest BCUT2D eigenvalue weighted by molar-refractivity contribution is 5.38. The third kappa shape index (κ3) is 4.75. The molecule has 0 radical (unpaired) electrons. The Morgan fingerprint density at radius 3 is 2.71 bits per heavy atom. The first kappa shape index (κ1) is 14.0. The molecular weight excluding hydrogens is 216 g/mol. The molecule has 1 unspecified atom stereocenters. The van der Waals surface area contributed by atoms with E-state index in [1.807, 2.05) is 32.0 Å². The molecule has 1 atom stereocenters. The van der Waals surface area contributed by atoms with Crippen molar-refractivity contribution >= 4 is 0 Å². The molecule has 3 nitrogen and oxygen atoms in total. The molecule has 0 heterocycles. The first-order chi connectivity index (χ1) is 8.15. The van der Waals surface area contributed by atoms with Gasteiger partial charge in [0.1, 0.15) is 5.75 Å². The predicted octanol–water partition coefficient (Wildman–Crippen LogP) is 2.85. The number of ether oxygens (including phenoxy) is 2. The van der Waals surface area contributed by atoms with Crippen LogP contribution in [0.3, 0.4) is 0 Å². The first-order valence-corrected chi connectivity index (χ1v) is 6.14. The molecule has 0 aliphatic rings. The second-order valence-corrected chi connectivity index (χ2v) is 4.12. The fourth-order valence-electron chi connectivity index (χ4n) is 1.60. The van der Waals surface area contributed by atoms with E-state index in [2.05, 4.69) is 0 Å². The van der Waals surface area contributed by atoms with Gasteiger partial charge >= 0.3 is 0 Å². The van der Waals surface area contributed by atoms with E-state index >= 15 is 0 Å². The van der Waals surface area contributed by atoms with Crippen LogP contribution in [0.15, 0.2) is 18.2 Å². The van der Waals surface area contributed by atoms with E-state index in [0.29, 0.717) is 13.2 Å². The van der Waals surface area contributed by atoms with Crippen molar-refractivity contribution in [3.8, 4) is 5.75 Å². The molecule has 0 fully saturated rings. The monoisotopic (exact) mass is 238 g/mol. The third-order valence-electron chi connectivity index (χ3n) is 2.51. The Hall–Kier alpha value is -1.06. The van der Waals surface area contributed by atoms with Gasteiger partial charge in [0.25, 0.3) is 0 Å². The fourth-order valence-corrected chi connectivity index (χ4v) is 1.60. The largest absolute Gasteiger partial charge is 0.493 e. The number of benzene rings is 1. The van der Waals surface area contributed by atoms with Gasteiger partial charge in [0.15, 0.2) is 0 Å². The summed E-state index contributed by atoms with van der Waals surface area (Å²) in [4.78, 5) is 0. The van der Waals surface area contributed by atoms with Crippen molar-refractivity contribution in [2.45, 2.75) is 33.3 Å². The molecule has 1 N–H and O–H groups in total. The molecule has 0 bridgehead atoms. The van der Waals surface area contributed by atoms with Gasteiger partial charge in [-0.15, -0.1) is 0 Å². The molecule has 0 saturated carbocycles. The van der Waals surface area contributed by atoms with Crippen LogP contribution in [-0.2, 0) is 4.74 Å². The van der Waals surface area contributed by atoms with E-state index in [0.717, 1.165) is 29.9 Å². The highest BCUT2D eigenvalue weighted by Gasteiger charge is 2.08. The van der Waals surface area contributed by atoms with E-state index in [9.17, 15) is 5.11 Å². The molecule has 3 heteroatoms. The van der Waals surface area contributed by atoms with Crippen molar-refractivity contribution in [3.05, 3.63) is 29.3 Å². The zero-order valence-electron chi connectivity index (χ0n) is 10.9. The molecule has 0 aliphatic carbocycles. The molecule has 0 aromatic heterocycles. The maximum Gasteiger partial charge on any atom is 0.125 e. The SMILES string of the molecule is CCOCCCOc1cc(C)ccc1C(C)O. The van der Waals surface area contributed by atoms with E-state index in [1.54, 1.807) is 6.92 Å². The number of rotatable bonds is 7. The summed E-state index contributed by atoms with van der Waals surface area (Å²) in [6, 6.07) is 5.86. The Balaban J connectivity index is 2.53. The Kier molecular flexibility index (Phi) is 6.01. The average molecular weight is 238 g/mol. The normalized spacial score (nSPS) is 12.5. The van der Waals surface area contributed by atoms with Crippen LogP contribution >= 0.6 is 0 Å². The van der Waals surface area contributed by atoms with Crippen LogP contribution in [0.25, 0.3) is 0 Å². The van der Waals surface area contributed by atoms with Crippen molar-refractivity contribution in [1.82, 2.24) is 0 Å². The van der Waals surface area contributed by atoms with Crippen LogP contribution in [0.5, 0.6) is 5.75 Å². The Morgan fingerprint density at radius 1 is 1.29 bits per heavy atom. The van der Waals surface area contributed by atoms with Crippen LogP contribution in [0, 0.1) is 6.92 Å². The molecule has 0 amide bonds. The van der Waals surface area contributed by atoms with Gasteiger partial charge in [-0.3, -0.25) is 0 Å². The quantitative estimate of drug-likeness (QED) is 0.742. The molecule has 0 aliphatic heterocycles. The van der Waals surface area contributed by atoms with Crippen LogP contribution < -0.4 is 4.74 Å². The van der Waals surface area contributed by atoms with Crippen LogP contribution in [0.1, 0.15) is 37.5 Å². The molecule has 1 aromatic rings. The van der Waals surface area contributed by atoms with E-state index < -0.39 is 6.10 Å². The highest BCUT2D eigenvalue weighted by Crippen LogP contribution is 2.26. The molecule has 17 heavy (non-hydrogen) atoms. The molecule has 1 aromatic carbocycles. The summed E-state index contributed by atoms with van der Waals surface area (Å²) in [5.41, 5.74) is 1.97. The van der Waals surface area contributed by atoms with Crippen molar-refractivity contribution in [2.75, 3.05) is 19.8 Å². The summed E-state index contributed by atoms with van der Waals surface area (Å²) in [6.45, 7) is 7.81. The first-order valence-electron chi connectivity index (χ1n) is 6.14. The van der Waals surface area contributed by atoms with Gasteiger partial charge in [0.05, 0.1) is 12.7 Å². The minimum atomic E-state index is -0.502. The average Bonchev–Trinajstić information content (AvgIpc) is 2.28. The summed E-state index contributed by atoms with van der Waals surface area (Å²) < 4.78 is 10.9. The molecule has 1 rings (SSSR count). The summed E-state index contributed by atoms with van der Waals surface area (Å²) in [5.74, 6) is 0.775. The lowest BCUT2D eigenvalue weighted by Crippen LogP contribution is -2.05. The van der Waals surface area contributed by atoms with Crippen molar-refractivity contribution in [2.24, 2.45) is 0 Å². The smallest absolute Gasteiger partial charge is 0.125 e. The standard InChI is InChI=1S/C14H22O3/c1-4-16-8-5-9-17-14-10-11(2)6-7-13(14)12(3)15/h6-7,10,12,15H,4-5,8-9H2,1-3H3. The number of aryl methyl sites for hydroxylation is 1. The van der Waals surface area contributed by atoms with Crippen molar-refractivity contribution in [1.29, 1.82) is 0 Å². The van der Waals surface area contributed by atoms with Gasteiger partial charge in [-0.2, -0.15) is 0 Å². The lowest BCUT2D eigenvalue weighted by atomic mass is 10.1. The van der Waals surface area contributed by atoms with Crippen LogP contribution in [0.2, 0.25) is 0 Å². The van der Waals surface area contributed by atoms with Gasteiger partial charge in [-0.05, 0) is 32.4 Å². The number of aliphatic hydroxyl groups is 1. The van der Waals surface area contributed by atoms with Crippen LogP contribution in [0.4, 0.5) is 0 Å². The second kappa shape index (κ2) is 7.30. The molecule has 0 saturated heterocycles. The van der Waals surface area contributed by atoms with Gasteiger partial charge in [0.2, 0.25) is 0 Å². The number of hydrogen-bond donors (Lipinski definition) is 1. The van der Waals surface area contributed by atoms with Gasteiger partial charge in [0, 0.05) is 25.2 Å². The summed E-state index contributed by atoms with van der Waals surface area (Å²) >= 11 is 0. The lowest BCUT2D eigenvalue weighted by molar-refractivity contribution is 0.129. The van der Waals surface area contributed by atoms with Crippen LogP contribution in [-0.4, -0.2) is 24.9 Å². The Morgan fingerprint density at radius 2 is 2.06 bits per heavy atom. The molecule has 0 spiro atoms. The highest BCUT2D eigenvalue weighted by atomic mass is 16.5. The fraction of sp³-hybridized carbons (Fsp3) is 0.571. The Bertz CT molecular complexity index is 334. The van der Waals surface area contributed by atoms with Gasteiger partial charge in [-0.1, -0.05) is 12.1 Å². The maximum absolute atomic E-state index is 9.63. The van der Waals surface area contributed by atoms with Crippen molar-refractivity contribution in [3.63, 3.8) is 0 Å². The van der Waals surface area contributed by atoms with E-state index in [4.69, 9.17) is 9.47 Å². The van der Waals surface area contributed by atoms with Crippen molar-refractivity contribution < 1.29 is 14.6 Å².